The summed E-state index contributed by atoms with van der Waals surface area (Å²) >= 11 is 6.30. The van der Waals surface area contributed by atoms with E-state index in [0.29, 0.717) is 16.1 Å². The number of carbonyl (C=O) groups is 1. The second-order valence-electron chi connectivity index (χ2n) is 6.34. The zero-order valence-electron chi connectivity index (χ0n) is 14.5. The Bertz CT molecular complexity index is 838. The van der Waals surface area contributed by atoms with Gasteiger partial charge in [0.05, 0.1) is 17.2 Å². The van der Waals surface area contributed by atoms with E-state index in [1.165, 1.54) is 18.2 Å². The van der Waals surface area contributed by atoms with Crippen LogP contribution in [0.25, 0.3) is 11.1 Å². The van der Waals surface area contributed by atoms with Crippen molar-refractivity contribution in [2.45, 2.75) is 30.7 Å². The Balaban J connectivity index is 1.78. The van der Waals surface area contributed by atoms with Crippen LogP contribution in [-0.4, -0.2) is 68.8 Å². The molecule has 1 saturated heterocycles. The van der Waals surface area contributed by atoms with Gasteiger partial charge < -0.3 is 35.0 Å². The van der Waals surface area contributed by atoms with Crippen molar-refractivity contribution in [2.75, 3.05) is 6.61 Å². The normalized spacial score (nSPS) is 27.4. The zero-order valence-corrected chi connectivity index (χ0v) is 15.2. The molecule has 0 bridgehead atoms. The molecule has 0 aliphatic carbocycles. The van der Waals surface area contributed by atoms with Gasteiger partial charge in [-0.3, -0.25) is 0 Å². The molecule has 28 heavy (non-hydrogen) atoms. The van der Waals surface area contributed by atoms with Crippen LogP contribution >= 0.6 is 11.6 Å². The number of aliphatic hydroxyl groups excluding tert-OH is 4. The molecule has 150 valence electrons. The number of carboxylic acids is 1. The van der Waals surface area contributed by atoms with Crippen LogP contribution in [0.3, 0.4) is 0 Å². The lowest BCUT2D eigenvalue weighted by Crippen LogP contribution is -2.60. The Morgan fingerprint density at radius 1 is 1.04 bits per heavy atom. The molecule has 0 aromatic heterocycles. The van der Waals surface area contributed by atoms with Gasteiger partial charge in [0.15, 0.2) is 0 Å². The highest BCUT2D eigenvalue weighted by atomic mass is 35.5. The van der Waals surface area contributed by atoms with Crippen molar-refractivity contribution in [3.63, 3.8) is 0 Å². The lowest BCUT2D eigenvalue weighted by atomic mass is 9.99. The Morgan fingerprint density at radius 2 is 1.71 bits per heavy atom. The van der Waals surface area contributed by atoms with Crippen LogP contribution in [0.5, 0.6) is 5.75 Å². The first kappa shape index (κ1) is 20.5. The quantitative estimate of drug-likeness (QED) is 0.490. The second-order valence-corrected chi connectivity index (χ2v) is 6.75. The fourth-order valence-corrected chi connectivity index (χ4v) is 3.17. The molecular weight excluding hydrogens is 392 g/mol. The van der Waals surface area contributed by atoms with Crippen molar-refractivity contribution in [2.24, 2.45) is 0 Å². The number of rotatable bonds is 5. The van der Waals surface area contributed by atoms with E-state index in [4.69, 9.17) is 26.2 Å². The minimum atomic E-state index is -1.54. The lowest BCUT2D eigenvalue weighted by Gasteiger charge is -2.39. The summed E-state index contributed by atoms with van der Waals surface area (Å²) in [4.78, 5) is 10.9. The van der Waals surface area contributed by atoms with E-state index in [1.807, 2.05) is 0 Å². The first-order valence-electron chi connectivity index (χ1n) is 8.42. The van der Waals surface area contributed by atoms with Crippen LogP contribution in [0.15, 0.2) is 42.5 Å². The van der Waals surface area contributed by atoms with E-state index < -0.39 is 43.3 Å². The van der Waals surface area contributed by atoms with Gasteiger partial charge in [0.25, 0.3) is 0 Å². The zero-order chi connectivity index (χ0) is 20.4. The number of ether oxygens (including phenoxy) is 2. The number of benzene rings is 2. The Labute approximate surface area is 165 Å². The predicted octanol–water partition coefficient (Wildman–Crippen LogP) is 0.884. The number of hydrogen-bond donors (Lipinski definition) is 5. The molecule has 9 heteroatoms. The Kier molecular flexibility index (Phi) is 6.19. The molecule has 2 aromatic rings. The summed E-state index contributed by atoms with van der Waals surface area (Å²) in [7, 11) is 0. The van der Waals surface area contributed by atoms with Crippen molar-refractivity contribution >= 4 is 17.6 Å². The van der Waals surface area contributed by atoms with Crippen LogP contribution in [0.4, 0.5) is 0 Å². The van der Waals surface area contributed by atoms with Gasteiger partial charge in [-0.1, -0.05) is 23.7 Å². The summed E-state index contributed by atoms with van der Waals surface area (Å²) in [5.41, 5.74) is 1.50. The summed E-state index contributed by atoms with van der Waals surface area (Å²) in [5.74, 6) is -0.791. The number of aliphatic hydroxyl groups is 4. The summed E-state index contributed by atoms with van der Waals surface area (Å²) < 4.78 is 10.8. The molecule has 5 N–H and O–H groups in total. The Hall–Kier alpha value is -2.20. The number of aromatic carboxylic acids is 1. The van der Waals surface area contributed by atoms with E-state index in [2.05, 4.69) is 0 Å². The maximum absolute atomic E-state index is 10.9. The molecule has 2 unspecified atom stereocenters. The van der Waals surface area contributed by atoms with E-state index in [1.54, 1.807) is 24.3 Å². The molecular formula is C19H19ClO8. The first-order chi connectivity index (χ1) is 13.3. The average Bonchev–Trinajstić information content (AvgIpc) is 2.68. The van der Waals surface area contributed by atoms with Crippen molar-refractivity contribution in [1.29, 1.82) is 0 Å². The fourth-order valence-electron chi connectivity index (χ4n) is 2.89. The topological polar surface area (TPSA) is 137 Å². The van der Waals surface area contributed by atoms with Crippen molar-refractivity contribution < 1.29 is 39.8 Å². The van der Waals surface area contributed by atoms with Crippen molar-refractivity contribution in [1.82, 2.24) is 0 Å². The molecule has 5 atom stereocenters. The van der Waals surface area contributed by atoms with Gasteiger partial charge in [0.2, 0.25) is 6.29 Å². The number of carboxylic acid groups (broad SMARTS) is 1. The van der Waals surface area contributed by atoms with Gasteiger partial charge in [0.1, 0.15) is 30.2 Å². The average molecular weight is 411 g/mol. The summed E-state index contributed by atoms with van der Waals surface area (Å²) in [5, 5.41) is 48.1. The van der Waals surface area contributed by atoms with Crippen LogP contribution in [0, 0.1) is 0 Å². The van der Waals surface area contributed by atoms with E-state index in [0.717, 1.165) is 0 Å². The smallest absolute Gasteiger partial charge is 0.335 e. The molecule has 3 rings (SSSR count). The Morgan fingerprint density at radius 3 is 2.29 bits per heavy atom. The van der Waals surface area contributed by atoms with Crippen molar-refractivity contribution in [3.8, 4) is 16.9 Å². The van der Waals surface area contributed by atoms with Gasteiger partial charge in [0, 0.05) is 5.56 Å². The predicted molar refractivity (Wildman–Crippen MR) is 98.2 cm³/mol. The van der Waals surface area contributed by atoms with Gasteiger partial charge >= 0.3 is 5.97 Å². The molecule has 1 aliphatic rings. The van der Waals surface area contributed by atoms with E-state index in [9.17, 15) is 25.2 Å². The molecule has 0 saturated carbocycles. The molecule has 0 amide bonds. The van der Waals surface area contributed by atoms with Gasteiger partial charge in [-0.05, 0) is 35.9 Å². The monoisotopic (exact) mass is 410 g/mol. The maximum atomic E-state index is 10.9. The molecule has 0 radical (unpaired) electrons. The third-order valence-electron chi connectivity index (χ3n) is 4.48. The first-order valence-corrected chi connectivity index (χ1v) is 8.80. The van der Waals surface area contributed by atoms with E-state index in [-0.39, 0.29) is 11.3 Å². The molecule has 1 heterocycles. The maximum Gasteiger partial charge on any atom is 0.335 e. The van der Waals surface area contributed by atoms with Crippen LogP contribution in [0.2, 0.25) is 5.02 Å². The molecule has 1 fully saturated rings. The minimum Gasteiger partial charge on any atom is -0.478 e. The van der Waals surface area contributed by atoms with Gasteiger partial charge in [-0.15, -0.1) is 0 Å². The van der Waals surface area contributed by atoms with Gasteiger partial charge in [-0.25, -0.2) is 4.79 Å². The van der Waals surface area contributed by atoms with Crippen molar-refractivity contribution in [3.05, 3.63) is 53.1 Å². The van der Waals surface area contributed by atoms with E-state index >= 15 is 0 Å². The highest BCUT2D eigenvalue weighted by molar-refractivity contribution is 6.33. The summed E-state index contributed by atoms with van der Waals surface area (Å²) in [6.45, 7) is -0.559. The largest absolute Gasteiger partial charge is 0.478 e. The standard InChI is InChI=1S/C19H19ClO8/c20-13-7-11(27-19-17(24)16(23)15(22)14(8-21)28-19)5-6-12(13)9-1-3-10(4-2-9)18(25)26/h1-7,14-17,19,21-24H,8H2,(H,25,26)/t14?,15-,16+,17?,19+/m1/s1. The van der Waals surface area contributed by atoms with Crippen LogP contribution < -0.4 is 4.74 Å². The highest BCUT2D eigenvalue weighted by Crippen LogP contribution is 2.33. The minimum absolute atomic E-state index is 0.155. The summed E-state index contributed by atoms with van der Waals surface area (Å²) in [6, 6.07) is 10.9. The SMILES string of the molecule is O=C(O)c1ccc(-c2ccc(O[C@H]3OC(CO)[C@@H](O)[C@H](O)C3O)cc2Cl)cc1. The second kappa shape index (κ2) is 8.44. The third kappa shape index (κ3) is 4.12. The molecule has 1 aliphatic heterocycles. The molecule has 2 aromatic carbocycles. The summed E-state index contributed by atoms with van der Waals surface area (Å²) in [6.07, 6.45) is -6.93. The highest BCUT2D eigenvalue weighted by Gasteiger charge is 2.44. The molecule has 8 nitrogen and oxygen atoms in total. The number of hydrogen-bond acceptors (Lipinski definition) is 7. The van der Waals surface area contributed by atoms with Crippen LogP contribution in [0.1, 0.15) is 10.4 Å². The fraction of sp³-hybridized carbons (Fsp3) is 0.316. The third-order valence-corrected chi connectivity index (χ3v) is 4.80. The van der Waals surface area contributed by atoms with Gasteiger partial charge in [-0.2, -0.15) is 0 Å². The molecule has 0 spiro atoms. The van der Waals surface area contributed by atoms with Crippen LogP contribution in [-0.2, 0) is 4.74 Å². The lowest BCUT2D eigenvalue weighted by molar-refractivity contribution is -0.277. The number of halogens is 1.